The van der Waals surface area contributed by atoms with Crippen molar-refractivity contribution in [3.63, 3.8) is 0 Å². The summed E-state index contributed by atoms with van der Waals surface area (Å²) >= 11 is 5.83. The number of nitrogens with one attached hydrogen (secondary N) is 2. The molecule has 1 amide bonds. The molecule has 0 unspecified atom stereocenters. The van der Waals surface area contributed by atoms with Gasteiger partial charge in [0.05, 0.1) is 6.42 Å². The maximum atomic E-state index is 12.1. The summed E-state index contributed by atoms with van der Waals surface area (Å²) in [5.41, 5.74) is 0.801. The fraction of sp³-hybridized carbons (Fsp3) is 0.312. The summed E-state index contributed by atoms with van der Waals surface area (Å²) in [6.45, 7) is 3.91. The van der Waals surface area contributed by atoms with E-state index in [1.165, 1.54) is 6.20 Å². The Bertz CT molecular complexity index is 710. The SMILES string of the molecule is CC[C@H](C)NC(=O)Cc1cnc(-c2ccc(Cl)cc2)[nH]c1=O. The van der Waals surface area contributed by atoms with E-state index in [0.717, 1.165) is 12.0 Å². The maximum absolute atomic E-state index is 12.1. The number of hydrogen-bond acceptors (Lipinski definition) is 3. The third-order valence-electron chi connectivity index (χ3n) is 3.36. The van der Waals surface area contributed by atoms with Crippen molar-refractivity contribution in [2.75, 3.05) is 0 Å². The van der Waals surface area contributed by atoms with Crippen molar-refractivity contribution in [2.45, 2.75) is 32.7 Å². The molecule has 22 heavy (non-hydrogen) atoms. The largest absolute Gasteiger partial charge is 0.353 e. The number of nitrogens with zero attached hydrogens (tertiary/aromatic N) is 1. The van der Waals surface area contributed by atoms with Crippen LogP contribution < -0.4 is 10.9 Å². The Labute approximate surface area is 133 Å². The fourth-order valence-corrected chi connectivity index (χ4v) is 2.03. The number of H-pyrrole nitrogens is 1. The molecule has 1 heterocycles. The molecule has 0 saturated heterocycles. The highest BCUT2D eigenvalue weighted by Crippen LogP contribution is 2.16. The van der Waals surface area contributed by atoms with Crippen molar-refractivity contribution in [1.82, 2.24) is 15.3 Å². The van der Waals surface area contributed by atoms with Crippen molar-refractivity contribution < 1.29 is 4.79 Å². The molecule has 1 aromatic carbocycles. The highest BCUT2D eigenvalue weighted by Gasteiger charge is 2.11. The molecule has 0 spiro atoms. The lowest BCUT2D eigenvalue weighted by atomic mass is 10.2. The number of hydrogen-bond donors (Lipinski definition) is 2. The van der Waals surface area contributed by atoms with E-state index in [2.05, 4.69) is 15.3 Å². The number of aromatic amines is 1. The normalized spacial score (nSPS) is 12.0. The zero-order valence-corrected chi connectivity index (χ0v) is 13.3. The Balaban J connectivity index is 2.15. The first-order chi connectivity index (χ1) is 10.5. The highest BCUT2D eigenvalue weighted by molar-refractivity contribution is 6.30. The Hall–Kier alpha value is -2.14. The van der Waals surface area contributed by atoms with E-state index in [9.17, 15) is 9.59 Å². The second-order valence-corrected chi connectivity index (χ2v) is 5.58. The summed E-state index contributed by atoms with van der Waals surface area (Å²) in [5.74, 6) is 0.272. The minimum atomic E-state index is -0.306. The van der Waals surface area contributed by atoms with Gasteiger partial charge < -0.3 is 10.3 Å². The molecule has 0 aliphatic carbocycles. The van der Waals surface area contributed by atoms with Crippen LogP contribution in [0.2, 0.25) is 5.02 Å². The van der Waals surface area contributed by atoms with Gasteiger partial charge in [0.1, 0.15) is 5.82 Å². The summed E-state index contributed by atoms with van der Waals surface area (Å²) in [5, 5.41) is 3.44. The molecule has 1 atom stereocenters. The molecule has 0 aliphatic heterocycles. The van der Waals surface area contributed by atoms with Crippen LogP contribution in [0.25, 0.3) is 11.4 Å². The standard InChI is InChI=1S/C16H18ClN3O2/c1-3-10(2)19-14(21)8-12-9-18-15(20-16(12)22)11-4-6-13(17)7-5-11/h4-7,9-10H,3,8H2,1-2H3,(H,19,21)(H,18,20,22)/t10-/m0/s1. The zero-order valence-electron chi connectivity index (χ0n) is 12.5. The molecule has 0 fully saturated rings. The second-order valence-electron chi connectivity index (χ2n) is 5.15. The van der Waals surface area contributed by atoms with Crippen LogP contribution in [0.4, 0.5) is 0 Å². The number of carbonyl (C=O) groups is 1. The van der Waals surface area contributed by atoms with E-state index in [1.54, 1.807) is 24.3 Å². The first-order valence-electron chi connectivity index (χ1n) is 7.13. The molecule has 116 valence electrons. The Morgan fingerprint density at radius 1 is 1.36 bits per heavy atom. The molecule has 1 aromatic heterocycles. The van der Waals surface area contributed by atoms with Gasteiger partial charge in [-0.05, 0) is 37.6 Å². The summed E-state index contributed by atoms with van der Waals surface area (Å²) < 4.78 is 0. The highest BCUT2D eigenvalue weighted by atomic mass is 35.5. The Morgan fingerprint density at radius 3 is 2.64 bits per heavy atom. The van der Waals surface area contributed by atoms with Crippen LogP contribution in [0.1, 0.15) is 25.8 Å². The smallest absolute Gasteiger partial charge is 0.254 e. The molecule has 2 N–H and O–H groups in total. The summed E-state index contributed by atoms with van der Waals surface area (Å²) in [4.78, 5) is 30.8. The van der Waals surface area contributed by atoms with Crippen molar-refractivity contribution >= 4 is 17.5 Å². The predicted molar refractivity (Wildman–Crippen MR) is 86.9 cm³/mol. The lowest BCUT2D eigenvalue weighted by Gasteiger charge is -2.11. The van der Waals surface area contributed by atoms with Gasteiger partial charge in [0, 0.05) is 28.4 Å². The number of aromatic nitrogens is 2. The molecular weight excluding hydrogens is 302 g/mol. The van der Waals surface area contributed by atoms with Crippen LogP contribution in [0, 0.1) is 0 Å². The van der Waals surface area contributed by atoms with Gasteiger partial charge in [-0.1, -0.05) is 18.5 Å². The van der Waals surface area contributed by atoms with Gasteiger partial charge in [-0.2, -0.15) is 0 Å². The Morgan fingerprint density at radius 2 is 2.05 bits per heavy atom. The van der Waals surface area contributed by atoms with Gasteiger partial charge in [0.2, 0.25) is 5.91 Å². The second kappa shape index (κ2) is 7.22. The molecule has 6 heteroatoms. The monoisotopic (exact) mass is 319 g/mol. The molecule has 2 rings (SSSR count). The molecule has 0 radical (unpaired) electrons. The summed E-state index contributed by atoms with van der Waals surface area (Å²) in [6.07, 6.45) is 2.31. The maximum Gasteiger partial charge on any atom is 0.254 e. The average Bonchev–Trinajstić information content (AvgIpc) is 2.50. The van der Waals surface area contributed by atoms with Gasteiger partial charge in [-0.3, -0.25) is 9.59 Å². The number of amides is 1. The van der Waals surface area contributed by atoms with E-state index in [-0.39, 0.29) is 23.9 Å². The number of halogens is 1. The molecule has 5 nitrogen and oxygen atoms in total. The fourth-order valence-electron chi connectivity index (χ4n) is 1.90. The first kappa shape index (κ1) is 16.2. The van der Waals surface area contributed by atoms with Crippen LogP contribution in [0.3, 0.4) is 0 Å². The quantitative estimate of drug-likeness (QED) is 0.889. The van der Waals surface area contributed by atoms with Gasteiger partial charge in [0.25, 0.3) is 5.56 Å². The number of benzene rings is 1. The molecule has 0 aliphatic rings. The molecular formula is C16H18ClN3O2. The van der Waals surface area contributed by atoms with Crippen molar-refractivity contribution in [2.24, 2.45) is 0 Å². The summed E-state index contributed by atoms with van der Waals surface area (Å²) in [6, 6.07) is 7.09. The lowest BCUT2D eigenvalue weighted by molar-refractivity contribution is -0.121. The number of carbonyl (C=O) groups excluding carboxylic acids is 1. The van der Waals surface area contributed by atoms with E-state index in [1.807, 2.05) is 13.8 Å². The van der Waals surface area contributed by atoms with Crippen LogP contribution >= 0.6 is 11.6 Å². The minimum Gasteiger partial charge on any atom is -0.353 e. The van der Waals surface area contributed by atoms with E-state index in [0.29, 0.717) is 16.4 Å². The van der Waals surface area contributed by atoms with Crippen LogP contribution in [-0.2, 0) is 11.2 Å². The third-order valence-corrected chi connectivity index (χ3v) is 3.61. The van der Waals surface area contributed by atoms with E-state index in [4.69, 9.17) is 11.6 Å². The van der Waals surface area contributed by atoms with Crippen LogP contribution in [0.15, 0.2) is 35.3 Å². The van der Waals surface area contributed by atoms with Gasteiger partial charge in [-0.25, -0.2) is 4.98 Å². The summed E-state index contributed by atoms with van der Waals surface area (Å²) in [7, 11) is 0. The third kappa shape index (κ3) is 4.18. The Kier molecular flexibility index (Phi) is 5.33. The molecule has 2 aromatic rings. The average molecular weight is 320 g/mol. The van der Waals surface area contributed by atoms with Crippen molar-refractivity contribution in [3.05, 3.63) is 51.4 Å². The molecule has 0 bridgehead atoms. The minimum absolute atomic E-state index is 0.0214. The van der Waals surface area contributed by atoms with Crippen LogP contribution in [0.5, 0.6) is 0 Å². The number of rotatable bonds is 5. The van der Waals surface area contributed by atoms with Crippen molar-refractivity contribution in [3.8, 4) is 11.4 Å². The molecule has 0 saturated carbocycles. The first-order valence-corrected chi connectivity index (χ1v) is 7.51. The van der Waals surface area contributed by atoms with Crippen molar-refractivity contribution in [1.29, 1.82) is 0 Å². The predicted octanol–water partition coefficient (Wildman–Crippen LogP) is 2.55. The topological polar surface area (TPSA) is 74.8 Å². The lowest BCUT2D eigenvalue weighted by Crippen LogP contribution is -2.34. The van der Waals surface area contributed by atoms with E-state index >= 15 is 0 Å². The van der Waals surface area contributed by atoms with E-state index < -0.39 is 0 Å². The van der Waals surface area contributed by atoms with Crippen LogP contribution in [-0.4, -0.2) is 21.9 Å². The van der Waals surface area contributed by atoms with Gasteiger partial charge in [0.15, 0.2) is 0 Å². The van der Waals surface area contributed by atoms with Gasteiger partial charge >= 0.3 is 0 Å². The zero-order chi connectivity index (χ0) is 16.1. The van der Waals surface area contributed by atoms with Gasteiger partial charge in [-0.15, -0.1) is 0 Å².